The molecule has 2 heterocycles. The molecule has 0 bridgehead atoms. The van der Waals surface area contributed by atoms with Crippen molar-refractivity contribution < 1.29 is 4.52 Å². The van der Waals surface area contributed by atoms with E-state index < -0.39 is 0 Å². The molecule has 2 aromatic heterocycles. The van der Waals surface area contributed by atoms with Crippen molar-refractivity contribution in [1.82, 2.24) is 15.1 Å². The Hall–Kier alpha value is -2.15. The normalized spacial score (nSPS) is 10.3. The molecule has 0 aliphatic carbocycles. The highest BCUT2D eigenvalue weighted by molar-refractivity contribution is 5.56. The van der Waals surface area contributed by atoms with Gasteiger partial charge in [0.2, 0.25) is 0 Å². The van der Waals surface area contributed by atoms with Crippen LogP contribution in [0.15, 0.2) is 23.2 Å². The summed E-state index contributed by atoms with van der Waals surface area (Å²) in [5.41, 5.74) is 4.38. The molecule has 2 rings (SSSR count). The Morgan fingerprint density at radius 2 is 2.17 bits per heavy atom. The summed E-state index contributed by atoms with van der Waals surface area (Å²) in [5.74, 6) is 6.86. The van der Waals surface area contributed by atoms with Crippen LogP contribution in [0.1, 0.15) is 24.6 Å². The first-order valence-corrected chi connectivity index (χ1v) is 5.78. The molecule has 0 fully saturated rings. The Morgan fingerprint density at radius 1 is 1.33 bits per heavy atom. The Morgan fingerprint density at radius 3 is 2.83 bits per heavy atom. The topological polar surface area (TPSA) is 102 Å². The first kappa shape index (κ1) is 12.3. The van der Waals surface area contributed by atoms with Crippen molar-refractivity contribution in [1.29, 1.82) is 0 Å². The van der Waals surface area contributed by atoms with E-state index in [4.69, 9.17) is 10.4 Å². The van der Waals surface area contributed by atoms with Crippen LogP contribution in [0.5, 0.6) is 0 Å². The van der Waals surface area contributed by atoms with Crippen LogP contribution >= 0.6 is 0 Å². The van der Waals surface area contributed by atoms with E-state index in [9.17, 15) is 0 Å². The fourth-order valence-electron chi connectivity index (χ4n) is 1.68. The van der Waals surface area contributed by atoms with Crippen LogP contribution in [-0.2, 0) is 13.0 Å². The summed E-state index contributed by atoms with van der Waals surface area (Å²) in [5, 5.41) is 7.03. The smallest absolute Gasteiger partial charge is 0.148 e. The van der Waals surface area contributed by atoms with Crippen molar-refractivity contribution in [2.45, 2.75) is 26.3 Å². The van der Waals surface area contributed by atoms with Gasteiger partial charge in [-0.3, -0.25) is 0 Å². The van der Waals surface area contributed by atoms with Crippen molar-refractivity contribution >= 4 is 11.6 Å². The summed E-state index contributed by atoms with van der Waals surface area (Å²) in [7, 11) is 0. The van der Waals surface area contributed by atoms with Crippen LogP contribution in [0.2, 0.25) is 0 Å². The third-order valence-corrected chi connectivity index (χ3v) is 2.51. The van der Waals surface area contributed by atoms with E-state index in [-0.39, 0.29) is 0 Å². The van der Waals surface area contributed by atoms with E-state index in [1.54, 1.807) is 6.07 Å². The van der Waals surface area contributed by atoms with E-state index in [1.807, 2.05) is 0 Å². The molecule has 4 N–H and O–H groups in total. The Balaban J connectivity index is 2.15. The van der Waals surface area contributed by atoms with Gasteiger partial charge < -0.3 is 15.3 Å². The molecule has 0 amide bonds. The van der Waals surface area contributed by atoms with Gasteiger partial charge in [-0.15, -0.1) is 0 Å². The molecule has 0 aliphatic rings. The molecule has 96 valence electrons. The van der Waals surface area contributed by atoms with E-state index in [1.165, 1.54) is 12.6 Å². The van der Waals surface area contributed by atoms with Crippen molar-refractivity contribution in [3.8, 4) is 0 Å². The summed E-state index contributed by atoms with van der Waals surface area (Å²) in [6.07, 6.45) is 4.85. The molecule has 0 spiro atoms. The minimum Gasteiger partial charge on any atom is -0.364 e. The minimum atomic E-state index is 0.550. The lowest BCUT2D eigenvalue weighted by atomic mass is 10.1. The zero-order valence-electron chi connectivity index (χ0n) is 10.2. The second-order valence-electron chi connectivity index (χ2n) is 3.79. The standard InChI is InChI=1S/C11H16N6O/c1-2-3-9-10(14-7-15-11(9)16-12)13-6-8-4-5-18-17-8/h4-5,7H,2-3,6,12H2,1H3,(H2,13,14,15,16). The van der Waals surface area contributed by atoms with Crippen LogP contribution in [0.25, 0.3) is 0 Å². The molecule has 0 aliphatic heterocycles. The molecule has 0 aromatic carbocycles. The maximum absolute atomic E-state index is 5.45. The van der Waals surface area contributed by atoms with Gasteiger partial charge in [0, 0.05) is 11.6 Å². The number of hydrogen-bond donors (Lipinski definition) is 3. The van der Waals surface area contributed by atoms with E-state index >= 15 is 0 Å². The molecule has 0 radical (unpaired) electrons. The molecular formula is C11H16N6O. The lowest BCUT2D eigenvalue weighted by Gasteiger charge is -2.12. The van der Waals surface area contributed by atoms with Gasteiger partial charge in [-0.2, -0.15) is 0 Å². The third-order valence-electron chi connectivity index (χ3n) is 2.51. The van der Waals surface area contributed by atoms with Gasteiger partial charge in [0.15, 0.2) is 0 Å². The Bertz CT molecular complexity index is 484. The zero-order chi connectivity index (χ0) is 12.8. The molecule has 18 heavy (non-hydrogen) atoms. The molecule has 0 saturated heterocycles. The maximum atomic E-state index is 5.45. The fourth-order valence-corrected chi connectivity index (χ4v) is 1.68. The predicted molar refractivity (Wildman–Crippen MR) is 67.7 cm³/mol. The predicted octanol–water partition coefficient (Wildman–Crippen LogP) is 1.31. The monoisotopic (exact) mass is 248 g/mol. The van der Waals surface area contributed by atoms with Crippen molar-refractivity contribution in [2.75, 3.05) is 10.7 Å². The molecule has 0 saturated carbocycles. The SMILES string of the molecule is CCCc1c(NN)ncnc1NCc1ccon1. The maximum Gasteiger partial charge on any atom is 0.148 e. The number of nitrogens with one attached hydrogen (secondary N) is 2. The molecule has 7 nitrogen and oxygen atoms in total. The summed E-state index contributed by atoms with van der Waals surface area (Å²) in [4.78, 5) is 8.33. The highest BCUT2D eigenvalue weighted by atomic mass is 16.5. The molecule has 0 atom stereocenters. The quantitative estimate of drug-likeness (QED) is 0.523. The number of nitrogens with two attached hydrogens (primary N) is 1. The van der Waals surface area contributed by atoms with Crippen molar-refractivity contribution in [2.24, 2.45) is 5.84 Å². The van der Waals surface area contributed by atoms with Crippen molar-refractivity contribution in [3.05, 3.63) is 29.9 Å². The van der Waals surface area contributed by atoms with Gasteiger partial charge in [0.05, 0.1) is 6.54 Å². The molecule has 0 unspecified atom stereocenters. The van der Waals surface area contributed by atoms with Crippen LogP contribution in [0.4, 0.5) is 11.6 Å². The summed E-state index contributed by atoms with van der Waals surface area (Å²) >= 11 is 0. The van der Waals surface area contributed by atoms with Gasteiger partial charge in [0.25, 0.3) is 0 Å². The number of rotatable bonds is 6. The number of hydrazine groups is 1. The first-order chi connectivity index (χ1) is 8.85. The van der Waals surface area contributed by atoms with Gasteiger partial charge in [0.1, 0.15) is 29.9 Å². The highest BCUT2D eigenvalue weighted by Gasteiger charge is 2.10. The molecule has 7 heteroatoms. The number of nitrogen functional groups attached to an aromatic ring is 1. The second-order valence-corrected chi connectivity index (χ2v) is 3.79. The van der Waals surface area contributed by atoms with Crippen LogP contribution < -0.4 is 16.6 Å². The minimum absolute atomic E-state index is 0.550. The molecular weight excluding hydrogens is 232 g/mol. The average molecular weight is 248 g/mol. The van der Waals surface area contributed by atoms with E-state index in [0.29, 0.717) is 12.4 Å². The van der Waals surface area contributed by atoms with E-state index in [2.05, 4.69) is 32.8 Å². The van der Waals surface area contributed by atoms with Gasteiger partial charge in [-0.1, -0.05) is 18.5 Å². The lowest BCUT2D eigenvalue weighted by Crippen LogP contribution is -2.14. The van der Waals surface area contributed by atoms with Crippen LogP contribution in [0, 0.1) is 0 Å². The highest BCUT2D eigenvalue weighted by Crippen LogP contribution is 2.21. The summed E-state index contributed by atoms with van der Waals surface area (Å²) in [6, 6.07) is 1.80. The van der Waals surface area contributed by atoms with Gasteiger partial charge in [-0.05, 0) is 6.42 Å². The summed E-state index contributed by atoms with van der Waals surface area (Å²) < 4.78 is 4.77. The van der Waals surface area contributed by atoms with Gasteiger partial charge >= 0.3 is 0 Å². The van der Waals surface area contributed by atoms with Crippen LogP contribution in [0.3, 0.4) is 0 Å². The number of hydrogen-bond acceptors (Lipinski definition) is 7. The number of aromatic nitrogens is 3. The number of anilines is 2. The summed E-state index contributed by atoms with van der Waals surface area (Å²) in [6.45, 7) is 2.64. The second kappa shape index (κ2) is 5.97. The fraction of sp³-hybridized carbons (Fsp3) is 0.364. The van der Waals surface area contributed by atoms with Crippen molar-refractivity contribution in [3.63, 3.8) is 0 Å². The first-order valence-electron chi connectivity index (χ1n) is 5.78. The number of nitrogens with zero attached hydrogens (tertiary/aromatic N) is 3. The zero-order valence-corrected chi connectivity index (χ0v) is 10.2. The van der Waals surface area contributed by atoms with Gasteiger partial charge in [-0.25, -0.2) is 15.8 Å². The van der Waals surface area contributed by atoms with Crippen LogP contribution in [-0.4, -0.2) is 15.1 Å². The Labute approximate surface area is 105 Å². The Kier molecular flexibility index (Phi) is 4.08. The average Bonchev–Trinajstić information content (AvgIpc) is 2.91. The van der Waals surface area contributed by atoms with E-state index in [0.717, 1.165) is 29.9 Å². The largest absolute Gasteiger partial charge is 0.364 e. The molecule has 2 aromatic rings. The third kappa shape index (κ3) is 2.75. The lowest BCUT2D eigenvalue weighted by molar-refractivity contribution is 0.412.